The summed E-state index contributed by atoms with van der Waals surface area (Å²) in [7, 11) is 0. The first kappa shape index (κ1) is 12.2. The molecule has 74 valence electrons. The van der Waals surface area contributed by atoms with Gasteiger partial charge in [-0.3, -0.25) is 0 Å². The summed E-state index contributed by atoms with van der Waals surface area (Å²) in [5, 5.41) is 9.29. The van der Waals surface area contributed by atoms with E-state index in [-0.39, 0.29) is 24.2 Å². The fourth-order valence-corrected chi connectivity index (χ4v) is 1.26. The van der Waals surface area contributed by atoms with Crippen LogP contribution in [0.25, 0.3) is 0 Å². The molecule has 4 heteroatoms. The molecule has 0 aliphatic carbocycles. The molecule has 1 rings (SSSR count). The smallest absolute Gasteiger partial charge is 0.165 e. The number of hydrogen-bond donors (Lipinski definition) is 2. The lowest BCUT2D eigenvalue weighted by molar-refractivity contribution is 0.421. The van der Waals surface area contributed by atoms with Gasteiger partial charge in [0.25, 0.3) is 0 Å². The summed E-state index contributed by atoms with van der Waals surface area (Å²) in [4.78, 5) is 0. The topological polar surface area (TPSA) is 46.2 Å². The molecule has 13 heavy (non-hydrogen) atoms. The minimum Gasteiger partial charge on any atom is -0.505 e. The Labute approximate surface area is 83.0 Å². The number of rotatable bonds is 1. The Bertz CT molecular complexity index is 302. The van der Waals surface area contributed by atoms with Crippen molar-refractivity contribution in [2.75, 3.05) is 0 Å². The number of phenolic OH excluding ortho intramolecular Hbond substituents is 1. The molecule has 0 aliphatic heterocycles. The van der Waals surface area contributed by atoms with Crippen molar-refractivity contribution in [3.8, 4) is 5.75 Å². The van der Waals surface area contributed by atoms with Gasteiger partial charge in [-0.25, -0.2) is 4.39 Å². The number of benzene rings is 1. The van der Waals surface area contributed by atoms with E-state index in [1.54, 1.807) is 19.9 Å². The fourth-order valence-electron chi connectivity index (χ4n) is 1.26. The van der Waals surface area contributed by atoms with Gasteiger partial charge in [-0.1, -0.05) is 6.07 Å². The van der Waals surface area contributed by atoms with E-state index in [1.807, 2.05) is 0 Å². The summed E-state index contributed by atoms with van der Waals surface area (Å²) in [6.07, 6.45) is 0. The molecule has 0 saturated heterocycles. The molecule has 0 amide bonds. The number of phenols is 1. The maximum Gasteiger partial charge on any atom is 0.165 e. The molecule has 0 bridgehead atoms. The van der Waals surface area contributed by atoms with Gasteiger partial charge in [0, 0.05) is 11.6 Å². The highest BCUT2D eigenvalue weighted by Gasteiger charge is 2.12. The van der Waals surface area contributed by atoms with Gasteiger partial charge in [0.2, 0.25) is 0 Å². The quantitative estimate of drug-likeness (QED) is 0.739. The molecule has 0 spiro atoms. The minimum atomic E-state index is -0.618. The molecule has 1 aromatic rings. The monoisotopic (exact) mass is 205 g/mol. The molecule has 2 nitrogen and oxygen atoms in total. The maximum atomic E-state index is 12.8. The zero-order valence-corrected chi connectivity index (χ0v) is 8.36. The van der Waals surface area contributed by atoms with Crippen LogP contribution in [0.1, 0.15) is 24.1 Å². The lowest BCUT2D eigenvalue weighted by Crippen LogP contribution is -2.07. The second-order valence-corrected chi connectivity index (χ2v) is 2.92. The predicted molar refractivity (Wildman–Crippen MR) is 52.7 cm³/mol. The number of nitrogens with two attached hydrogens (primary N) is 1. The Kier molecular flexibility index (Phi) is 4.17. The van der Waals surface area contributed by atoms with Crippen LogP contribution in [0.15, 0.2) is 12.1 Å². The molecule has 0 aliphatic rings. The zero-order valence-electron chi connectivity index (χ0n) is 7.54. The summed E-state index contributed by atoms with van der Waals surface area (Å²) in [5.41, 5.74) is 6.85. The van der Waals surface area contributed by atoms with Crippen LogP contribution >= 0.6 is 12.4 Å². The lowest BCUT2D eigenvalue weighted by Gasteiger charge is -2.11. The molecule has 0 fully saturated rings. The molecule has 0 saturated carbocycles. The molecular weight excluding hydrogens is 193 g/mol. The third-order valence-electron chi connectivity index (χ3n) is 1.84. The third-order valence-corrected chi connectivity index (χ3v) is 1.84. The van der Waals surface area contributed by atoms with E-state index in [2.05, 4.69) is 0 Å². The van der Waals surface area contributed by atoms with Gasteiger partial charge in [-0.05, 0) is 25.5 Å². The van der Waals surface area contributed by atoms with Crippen LogP contribution in [0.4, 0.5) is 4.39 Å². The largest absolute Gasteiger partial charge is 0.505 e. The van der Waals surface area contributed by atoms with Crippen molar-refractivity contribution in [1.82, 2.24) is 0 Å². The van der Waals surface area contributed by atoms with Crippen LogP contribution < -0.4 is 5.73 Å². The van der Waals surface area contributed by atoms with Crippen molar-refractivity contribution in [2.24, 2.45) is 5.73 Å². The fraction of sp³-hybridized carbons (Fsp3) is 0.333. The molecule has 1 atom stereocenters. The van der Waals surface area contributed by atoms with E-state index in [0.29, 0.717) is 5.56 Å². The molecule has 0 heterocycles. The maximum absolute atomic E-state index is 12.8. The zero-order chi connectivity index (χ0) is 9.30. The Hall–Kier alpha value is -0.800. The number of hydrogen-bond acceptors (Lipinski definition) is 2. The van der Waals surface area contributed by atoms with E-state index in [0.717, 1.165) is 5.56 Å². The third kappa shape index (κ3) is 2.32. The summed E-state index contributed by atoms with van der Waals surface area (Å²) in [6, 6.07) is 2.49. The van der Waals surface area contributed by atoms with E-state index >= 15 is 0 Å². The van der Waals surface area contributed by atoms with Crippen molar-refractivity contribution in [3.63, 3.8) is 0 Å². The van der Waals surface area contributed by atoms with Gasteiger partial charge in [0.15, 0.2) is 11.6 Å². The van der Waals surface area contributed by atoms with Gasteiger partial charge in [-0.15, -0.1) is 12.4 Å². The predicted octanol–water partition coefficient (Wildman–Crippen LogP) is 2.28. The average Bonchev–Trinajstić information content (AvgIpc) is 1.97. The van der Waals surface area contributed by atoms with Gasteiger partial charge < -0.3 is 10.8 Å². The van der Waals surface area contributed by atoms with Crippen molar-refractivity contribution >= 4 is 12.4 Å². The Morgan fingerprint density at radius 3 is 2.38 bits per heavy atom. The number of aryl methyl sites for hydroxylation is 1. The van der Waals surface area contributed by atoms with Crippen molar-refractivity contribution in [1.29, 1.82) is 0 Å². The minimum absolute atomic E-state index is 0. The first-order valence-electron chi connectivity index (χ1n) is 3.77. The highest BCUT2D eigenvalue weighted by molar-refractivity contribution is 5.85. The normalized spacial score (nSPS) is 12.0. The Balaban J connectivity index is 0.00000144. The molecule has 0 unspecified atom stereocenters. The van der Waals surface area contributed by atoms with Crippen molar-refractivity contribution in [2.45, 2.75) is 19.9 Å². The number of aromatic hydroxyl groups is 1. The van der Waals surface area contributed by atoms with Gasteiger partial charge in [0.05, 0.1) is 0 Å². The lowest BCUT2D eigenvalue weighted by atomic mass is 10.0. The van der Waals surface area contributed by atoms with Crippen LogP contribution in [0.3, 0.4) is 0 Å². The second-order valence-electron chi connectivity index (χ2n) is 2.92. The second kappa shape index (κ2) is 4.44. The molecule has 3 N–H and O–H groups in total. The molecule has 0 aromatic heterocycles. The van der Waals surface area contributed by atoms with Crippen LogP contribution in [-0.4, -0.2) is 5.11 Å². The summed E-state index contributed by atoms with van der Waals surface area (Å²) < 4.78 is 12.8. The first-order chi connectivity index (χ1) is 5.54. The first-order valence-corrected chi connectivity index (χ1v) is 3.77. The van der Waals surface area contributed by atoms with E-state index in [4.69, 9.17) is 5.73 Å². The Morgan fingerprint density at radius 1 is 1.46 bits per heavy atom. The Morgan fingerprint density at radius 2 is 2.00 bits per heavy atom. The van der Waals surface area contributed by atoms with Crippen LogP contribution in [0.5, 0.6) is 5.75 Å². The van der Waals surface area contributed by atoms with Crippen molar-refractivity contribution < 1.29 is 9.50 Å². The highest BCUT2D eigenvalue weighted by Crippen LogP contribution is 2.28. The SMILES string of the molecule is Cc1ccc(F)c(O)c1[C@@H](C)N.Cl. The summed E-state index contributed by atoms with van der Waals surface area (Å²) in [5.74, 6) is -0.946. The van der Waals surface area contributed by atoms with E-state index in [9.17, 15) is 9.50 Å². The summed E-state index contributed by atoms with van der Waals surface area (Å²) in [6.45, 7) is 3.50. The van der Waals surface area contributed by atoms with Crippen molar-refractivity contribution in [3.05, 3.63) is 29.1 Å². The van der Waals surface area contributed by atoms with Crippen LogP contribution in [-0.2, 0) is 0 Å². The van der Waals surface area contributed by atoms with Gasteiger partial charge in [-0.2, -0.15) is 0 Å². The van der Waals surface area contributed by atoms with E-state index in [1.165, 1.54) is 6.07 Å². The molecular formula is C9H13ClFNO. The number of halogens is 2. The standard InChI is InChI=1S/C9H12FNO.ClH/c1-5-3-4-7(10)9(12)8(5)6(2)11;/h3-4,6,12H,11H2,1-2H3;1H/t6-;/m1./s1. The van der Waals surface area contributed by atoms with E-state index < -0.39 is 5.82 Å². The average molecular weight is 206 g/mol. The van der Waals surface area contributed by atoms with Gasteiger partial charge >= 0.3 is 0 Å². The molecule has 0 radical (unpaired) electrons. The van der Waals surface area contributed by atoms with Crippen LogP contribution in [0.2, 0.25) is 0 Å². The summed E-state index contributed by atoms with van der Waals surface area (Å²) >= 11 is 0. The molecule has 1 aromatic carbocycles. The highest BCUT2D eigenvalue weighted by atomic mass is 35.5. The van der Waals surface area contributed by atoms with Gasteiger partial charge in [0.1, 0.15) is 0 Å². The van der Waals surface area contributed by atoms with Crippen LogP contribution in [0, 0.1) is 12.7 Å².